The van der Waals surface area contributed by atoms with Crippen LogP contribution in [0.15, 0.2) is 59.8 Å². The van der Waals surface area contributed by atoms with Crippen LogP contribution in [0.1, 0.15) is 113 Å². The molecule has 0 aliphatic carbocycles. The van der Waals surface area contributed by atoms with Crippen LogP contribution in [-0.4, -0.2) is 131 Å². The number of cyclic esters (lactones) is 1. The number of ether oxygens (including phenoxy) is 8. The van der Waals surface area contributed by atoms with Gasteiger partial charge in [0.15, 0.2) is 11.9 Å². The second kappa shape index (κ2) is 22.3. The van der Waals surface area contributed by atoms with Crippen molar-refractivity contribution < 1.29 is 82.3 Å². The lowest BCUT2D eigenvalue weighted by Gasteiger charge is -2.53. The van der Waals surface area contributed by atoms with Crippen molar-refractivity contribution in [1.29, 1.82) is 0 Å². The summed E-state index contributed by atoms with van der Waals surface area (Å²) in [5.74, 6) is -8.31. The van der Waals surface area contributed by atoms with Crippen LogP contribution in [0.4, 0.5) is 0 Å². The molecule has 4 N–H and O–H groups in total. The highest BCUT2D eigenvalue weighted by Gasteiger charge is 2.59. The quantitative estimate of drug-likeness (QED) is 0.0830. The van der Waals surface area contributed by atoms with Gasteiger partial charge in [-0.2, -0.15) is 0 Å². The van der Waals surface area contributed by atoms with E-state index in [1.807, 2.05) is 13.0 Å². The monoisotopic (exact) mass is 904 g/mol. The first-order chi connectivity index (χ1) is 29.9. The Bertz CT molecular complexity index is 1830. The number of carbonyl (C=O) groups is 5. The van der Waals surface area contributed by atoms with E-state index in [2.05, 4.69) is 0 Å². The Morgan fingerprint density at radius 1 is 0.875 bits per heavy atom. The first kappa shape index (κ1) is 52.4. The Morgan fingerprint density at radius 2 is 1.56 bits per heavy atom. The number of methoxy groups -OCH3 is 2. The highest BCUT2D eigenvalue weighted by atomic mass is 16.7. The van der Waals surface area contributed by atoms with E-state index in [4.69, 9.17) is 37.9 Å². The Kier molecular flexibility index (Phi) is 18.3. The topological polar surface area (TPSA) is 240 Å². The Hall–Kier alpha value is -4.23. The molecule has 4 aliphatic heterocycles. The molecule has 0 radical (unpaired) electrons. The van der Waals surface area contributed by atoms with E-state index < -0.39 is 114 Å². The molecule has 6 bridgehead atoms. The smallest absolute Gasteiger partial charge is 0.331 e. The second-order valence-electron chi connectivity index (χ2n) is 18.3. The lowest BCUT2D eigenvalue weighted by atomic mass is 9.70. The molecule has 17 nitrogen and oxygen atoms in total. The zero-order valence-electron chi connectivity index (χ0n) is 38.5. The molecule has 0 aromatic carbocycles. The molecular formula is C47H68O17. The maximum absolute atomic E-state index is 13.4. The summed E-state index contributed by atoms with van der Waals surface area (Å²) in [7, 11) is 2.40. The number of unbranched alkanes of at least 4 members (excludes halogenated alkanes) is 1. The van der Waals surface area contributed by atoms with E-state index >= 15 is 0 Å². The molecule has 0 amide bonds. The van der Waals surface area contributed by atoms with Crippen molar-refractivity contribution in [3.8, 4) is 0 Å². The van der Waals surface area contributed by atoms with Crippen LogP contribution in [-0.2, 0) is 61.9 Å². The van der Waals surface area contributed by atoms with Gasteiger partial charge in [-0.25, -0.2) is 14.4 Å². The standard InChI is InChI=1S/C47H68O17/c1-10-11-12-13-14-15-39(51)62-43-31(22-41(53)58-9)21-34-25-37(28(2)48)61-42(54)24-32(50)23-35-26-38(59-29(3)49)45(6,7)46(55,63-35)27-36-19-30(20-40(52)57-8)18-33(60-36)16-17-44(4,5)47(43,56)64-34/h12-17,20,22,28,32-38,43,48,50,55-56H,10-11,18-19,21,23-27H2,1-9H3/b13-12+,15-14+,17-16+,30-20+,31-22+/t28-,32-,33+,34?,35-,36+,37-,38+,43-,46+,47-/m1/s1. The van der Waals surface area contributed by atoms with E-state index in [9.17, 15) is 44.4 Å². The van der Waals surface area contributed by atoms with Gasteiger partial charge in [-0.3, -0.25) is 9.59 Å². The molecule has 17 heteroatoms. The van der Waals surface area contributed by atoms with Gasteiger partial charge in [-0.05, 0) is 38.2 Å². The van der Waals surface area contributed by atoms with Crippen molar-refractivity contribution in [2.75, 3.05) is 14.2 Å². The summed E-state index contributed by atoms with van der Waals surface area (Å²) in [6.07, 6.45) is 2.55. The second-order valence-corrected chi connectivity index (χ2v) is 18.3. The van der Waals surface area contributed by atoms with E-state index in [0.717, 1.165) is 32.1 Å². The minimum absolute atomic E-state index is 0.0721. The molecule has 0 aromatic rings. The van der Waals surface area contributed by atoms with Crippen LogP contribution in [0.3, 0.4) is 0 Å². The summed E-state index contributed by atoms with van der Waals surface area (Å²) in [5, 5.41) is 47.5. The lowest BCUT2D eigenvalue weighted by Crippen LogP contribution is -2.62. The van der Waals surface area contributed by atoms with Gasteiger partial charge in [-0.1, -0.05) is 77.0 Å². The fourth-order valence-electron chi connectivity index (χ4n) is 8.57. The average Bonchev–Trinajstić information content (AvgIpc) is 3.19. The predicted octanol–water partition coefficient (Wildman–Crippen LogP) is 4.28. The van der Waals surface area contributed by atoms with E-state index in [-0.39, 0.29) is 50.5 Å². The Morgan fingerprint density at radius 3 is 2.20 bits per heavy atom. The van der Waals surface area contributed by atoms with Gasteiger partial charge in [0, 0.05) is 56.3 Å². The molecule has 3 saturated heterocycles. The van der Waals surface area contributed by atoms with Crippen LogP contribution in [0.5, 0.6) is 0 Å². The third kappa shape index (κ3) is 13.4. The molecule has 4 rings (SSSR count). The number of rotatable bonds is 9. The SMILES string of the molecule is CCC/C=C/C=C/C(=O)O[C@@H]1/C(=C/C(=O)OC)CC2C[C@H]([C@@H](C)O)OC(=O)C[C@H](O)C[C@@H]3C[C@H](OC(C)=O)C(C)(C)[C@](O)(C[C@@H]4C/C(=C/C(=O)OC)C[C@H](/C=C/C(C)(C)[C@]1(O)O2)O4)O3. The number of hydrogen-bond donors (Lipinski definition) is 4. The number of aliphatic hydroxyl groups is 4. The summed E-state index contributed by atoms with van der Waals surface area (Å²) in [5.41, 5.74) is -2.06. The normalized spacial score (nSPS) is 35.8. The summed E-state index contributed by atoms with van der Waals surface area (Å²) in [6.45, 7) is 11.2. The maximum Gasteiger partial charge on any atom is 0.331 e. The molecule has 0 saturated carbocycles. The van der Waals surface area contributed by atoms with E-state index in [1.54, 1.807) is 45.9 Å². The van der Waals surface area contributed by atoms with Crippen LogP contribution < -0.4 is 0 Å². The molecule has 4 heterocycles. The number of hydrogen-bond acceptors (Lipinski definition) is 17. The van der Waals surface area contributed by atoms with Crippen molar-refractivity contribution in [2.45, 2.75) is 179 Å². The van der Waals surface area contributed by atoms with Gasteiger partial charge in [0.2, 0.25) is 5.79 Å². The summed E-state index contributed by atoms with van der Waals surface area (Å²) in [6, 6.07) is 0. The zero-order valence-corrected chi connectivity index (χ0v) is 38.5. The number of aliphatic hydroxyl groups excluding tert-OH is 2. The molecule has 3 fully saturated rings. The Balaban J connectivity index is 1.89. The first-order valence-electron chi connectivity index (χ1n) is 21.9. The molecule has 358 valence electrons. The molecule has 11 atom stereocenters. The van der Waals surface area contributed by atoms with Crippen molar-refractivity contribution in [3.05, 3.63) is 59.8 Å². The van der Waals surface area contributed by atoms with Gasteiger partial charge in [0.1, 0.15) is 12.2 Å². The van der Waals surface area contributed by atoms with Gasteiger partial charge in [0.25, 0.3) is 0 Å². The van der Waals surface area contributed by atoms with Crippen molar-refractivity contribution in [3.63, 3.8) is 0 Å². The number of allylic oxidation sites excluding steroid dienone is 3. The lowest BCUT2D eigenvalue weighted by molar-refractivity contribution is -0.348. The van der Waals surface area contributed by atoms with Gasteiger partial charge in [-0.15, -0.1) is 0 Å². The number of fused-ring (bicyclic) bond motifs is 6. The summed E-state index contributed by atoms with van der Waals surface area (Å²) in [4.78, 5) is 64.7. The van der Waals surface area contributed by atoms with Crippen molar-refractivity contribution >= 4 is 29.8 Å². The van der Waals surface area contributed by atoms with Crippen LogP contribution in [0, 0.1) is 10.8 Å². The van der Waals surface area contributed by atoms with Crippen LogP contribution >= 0.6 is 0 Å². The van der Waals surface area contributed by atoms with Crippen molar-refractivity contribution in [2.24, 2.45) is 10.8 Å². The summed E-state index contributed by atoms with van der Waals surface area (Å²) >= 11 is 0. The molecule has 0 spiro atoms. The highest BCUT2D eigenvalue weighted by molar-refractivity contribution is 5.85. The zero-order chi connectivity index (χ0) is 47.6. The van der Waals surface area contributed by atoms with Crippen LogP contribution in [0.2, 0.25) is 0 Å². The number of carbonyl (C=O) groups excluding carboxylic acids is 5. The van der Waals surface area contributed by atoms with Gasteiger partial charge < -0.3 is 58.3 Å². The van der Waals surface area contributed by atoms with Gasteiger partial charge >= 0.3 is 29.8 Å². The third-order valence-electron chi connectivity index (χ3n) is 12.4. The minimum Gasteiger partial charge on any atom is -0.466 e. The fraction of sp³-hybridized carbons (Fsp3) is 0.681. The number of esters is 5. The van der Waals surface area contributed by atoms with Gasteiger partial charge in [0.05, 0.1) is 62.7 Å². The Labute approximate surface area is 375 Å². The largest absolute Gasteiger partial charge is 0.466 e. The highest BCUT2D eigenvalue weighted by Crippen LogP contribution is 2.50. The summed E-state index contributed by atoms with van der Waals surface area (Å²) < 4.78 is 46.7. The van der Waals surface area contributed by atoms with E-state index in [0.29, 0.717) is 5.57 Å². The third-order valence-corrected chi connectivity index (χ3v) is 12.4. The molecule has 64 heavy (non-hydrogen) atoms. The maximum atomic E-state index is 13.4. The molecule has 1 unspecified atom stereocenters. The molecular weight excluding hydrogens is 836 g/mol. The van der Waals surface area contributed by atoms with Crippen LogP contribution in [0.25, 0.3) is 0 Å². The predicted molar refractivity (Wildman–Crippen MR) is 228 cm³/mol. The molecule has 0 aromatic heterocycles. The van der Waals surface area contributed by atoms with Crippen molar-refractivity contribution in [1.82, 2.24) is 0 Å². The fourth-order valence-corrected chi connectivity index (χ4v) is 8.57. The average molecular weight is 905 g/mol. The van der Waals surface area contributed by atoms with E-state index in [1.165, 1.54) is 33.1 Å². The molecule has 4 aliphatic rings. The first-order valence-corrected chi connectivity index (χ1v) is 21.9. The minimum atomic E-state index is -2.47.